The third kappa shape index (κ3) is 4.09. The average molecular weight is 361 g/mol. The number of nitrogens with one attached hydrogen (secondary N) is 2. The van der Waals surface area contributed by atoms with E-state index in [4.69, 9.17) is 9.47 Å². The molecular formula is C17H19N3O4S. The van der Waals surface area contributed by atoms with Gasteiger partial charge in [0.1, 0.15) is 0 Å². The highest BCUT2D eigenvalue weighted by Crippen LogP contribution is 2.34. The molecule has 2 aromatic rings. The minimum atomic E-state index is -0.721. The number of ether oxygens (including phenoxy) is 2. The van der Waals surface area contributed by atoms with Crippen LogP contribution < -0.4 is 20.1 Å². The van der Waals surface area contributed by atoms with Crippen LogP contribution in [-0.4, -0.2) is 44.1 Å². The summed E-state index contributed by atoms with van der Waals surface area (Å²) in [6.07, 6.45) is 0. The molecule has 0 bridgehead atoms. The van der Waals surface area contributed by atoms with E-state index in [9.17, 15) is 9.59 Å². The highest BCUT2D eigenvalue weighted by atomic mass is 32.1. The summed E-state index contributed by atoms with van der Waals surface area (Å²) in [6, 6.07) is 6.99. The fourth-order valence-electron chi connectivity index (χ4n) is 2.49. The Morgan fingerprint density at radius 3 is 2.72 bits per heavy atom. The van der Waals surface area contributed by atoms with Crippen molar-refractivity contribution in [3.63, 3.8) is 0 Å². The van der Waals surface area contributed by atoms with Gasteiger partial charge in [0.25, 0.3) is 0 Å². The SMILES string of the molecule is CN(C)[C@H](CNC(=O)C(=O)Nc1ccc2c(c1)OCO2)c1ccsc1. The summed E-state index contributed by atoms with van der Waals surface area (Å²) in [5.41, 5.74) is 1.58. The Labute approximate surface area is 149 Å². The van der Waals surface area contributed by atoms with E-state index < -0.39 is 11.8 Å². The number of carbonyl (C=O) groups is 2. The maximum atomic E-state index is 12.1. The van der Waals surface area contributed by atoms with Gasteiger partial charge < -0.3 is 25.0 Å². The van der Waals surface area contributed by atoms with Gasteiger partial charge in [-0.25, -0.2) is 0 Å². The van der Waals surface area contributed by atoms with Gasteiger partial charge in [-0.15, -0.1) is 0 Å². The summed E-state index contributed by atoms with van der Waals surface area (Å²) in [7, 11) is 3.86. The maximum Gasteiger partial charge on any atom is 0.313 e. The lowest BCUT2D eigenvalue weighted by Gasteiger charge is -2.23. The Morgan fingerprint density at radius 1 is 1.20 bits per heavy atom. The normalized spacial score (nSPS) is 13.6. The van der Waals surface area contributed by atoms with Crippen LogP contribution in [0.25, 0.3) is 0 Å². The van der Waals surface area contributed by atoms with Crippen LogP contribution >= 0.6 is 11.3 Å². The largest absolute Gasteiger partial charge is 0.454 e. The molecule has 1 aromatic carbocycles. The second-order valence-electron chi connectivity index (χ2n) is 5.77. The minimum Gasteiger partial charge on any atom is -0.454 e. The molecule has 0 radical (unpaired) electrons. The Morgan fingerprint density at radius 2 is 2.00 bits per heavy atom. The van der Waals surface area contributed by atoms with Crippen molar-refractivity contribution in [3.8, 4) is 11.5 Å². The van der Waals surface area contributed by atoms with E-state index in [2.05, 4.69) is 10.6 Å². The van der Waals surface area contributed by atoms with Crippen LogP contribution in [-0.2, 0) is 9.59 Å². The summed E-state index contributed by atoms with van der Waals surface area (Å²) in [4.78, 5) is 26.2. The van der Waals surface area contributed by atoms with Gasteiger partial charge in [-0.05, 0) is 48.6 Å². The molecule has 0 unspecified atom stereocenters. The predicted molar refractivity (Wildman–Crippen MR) is 95.0 cm³/mol. The average Bonchev–Trinajstić information content (AvgIpc) is 3.25. The van der Waals surface area contributed by atoms with Crippen molar-refractivity contribution < 1.29 is 19.1 Å². The first kappa shape index (κ1) is 17.2. The topological polar surface area (TPSA) is 79.9 Å². The van der Waals surface area contributed by atoms with Crippen molar-refractivity contribution in [2.75, 3.05) is 32.7 Å². The number of fused-ring (bicyclic) bond motifs is 1. The smallest absolute Gasteiger partial charge is 0.313 e. The van der Waals surface area contributed by atoms with E-state index in [0.29, 0.717) is 23.7 Å². The van der Waals surface area contributed by atoms with Gasteiger partial charge in [0.05, 0.1) is 6.04 Å². The van der Waals surface area contributed by atoms with Gasteiger partial charge in [-0.1, -0.05) is 0 Å². The van der Waals surface area contributed by atoms with Crippen LogP contribution in [0.3, 0.4) is 0 Å². The number of hydrogen-bond donors (Lipinski definition) is 2. The van der Waals surface area contributed by atoms with E-state index in [1.807, 2.05) is 35.8 Å². The van der Waals surface area contributed by atoms with E-state index in [-0.39, 0.29) is 12.8 Å². The summed E-state index contributed by atoms with van der Waals surface area (Å²) in [5, 5.41) is 9.26. The first-order chi connectivity index (χ1) is 12.0. The summed E-state index contributed by atoms with van der Waals surface area (Å²) in [5.74, 6) is -0.239. The van der Waals surface area contributed by atoms with Crippen LogP contribution in [0.4, 0.5) is 5.69 Å². The van der Waals surface area contributed by atoms with Crippen LogP contribution in [0.5, 0.6) is 11.5 Å². The Kier molecular flexibility index (Phi) is 5.20. The monoisotopic (exact) mass is 361 g/mol. The third-order valence-corrected chi connectivity index (χ3v) is 4.55. The third-order valence-electron chi connectivity index (χ3n) is 3.84. The molecule has 2 N–H and O–H groups in total. The minimum absolute atomic E-state index is 0.00791. The number of benzene rings is 1. The Bertz CT molecular complexity index is 761. The van der Waals surface area contributed by atoms with Crippen molar-refractivity contribution in [1.82, 2.24) is 10.2 Å². The Balaban J connectivity index is 1.56. The van der Waals surface area contributed by atoms with Crippen molar-refractivity contribution >= 4 is 28.8 Å². The molecule has 2 amide bonds. The van der Waals surface area contributed by atoms with E-state index in [0.717, 1.165) is 5.56 Å². The number of likely N-dealkylation sites (N-methyl/N-ethyl adjacent to an activating group) is 1. The standard InChI is InChI=1S/C17H19N3O4S/c1-20(2)13(11-5-6-25-9-11)8-18-16(21)17(22)19-12-3-4-14-15(7-12)24-10-23-14/h3-7,9,13H,8,10H2,1-2H3,(H,18,21)(H,19,22)/t13-/m1/s1. The number of nitrogens with zero attached hydrogens (tertiary/aromatic N) is 1. The lowest BCUT2D eigenvalue weighted by Crippen LogP contribution is -2.40. The fraction of sp³-hybridized carbons (Fsp3) is 0.294. The van der Waals surface area contributed by atoms with Gasteiger partial charge in [-0.3, -0.25) is 9.59 Å². The second kappa shape index (κ2) is 7.54. The van der Waals surface area contributed by atoms with Gasteiger partial charge in [0, 0.05) is 18.3 Å². The lowest BCUT2D eigenvalue weighted by molar-refractivity contribution is -0.136. The first-order valence-electron chi connectivity index (χ1n) is 7.72. The molecule has 0 saturated heterocycles. The number of thiophene rings is 1. The Hall–Kier alpha value is -2.58. The highest BCUT2D eigenvalue weighted by molar-refractivity contribution is 7.07. The number of rotatable bonds is 5. The maximum absolute atomic E-state index is 12.1. The van der Waals surface area contributed by atoms with Gasteiger partial charge in [-0.2, -0.15) is 11.3 Å². The molecule has 25 heavy (non-hydrogen) atoms. The zero-order valence-corrected chi connectivity index (χ0v) is 14.8. The van der Waals surface area contributed by atoms with E-state index >= 15 is 0 Å². The molecule has 2 heterocycles. The molecule has 0 saturated carbocycles. The molecule has 0 spiro atoms. The molecule has 3 rings (SSSR count). The molecule has 0 aliphatic carbocycles. The van der Waals surface area contributed by atoms with Crippen molar-refractivity contribution in [3.05, 3.63) is 40.6 Å². The number of anilines is 1. The molecule has 132 valence electrons. The molecule has 1 aliphatic heterocycles. The van der Waals surface area contributed by atoms with E-state index in [1.54, 1.807) is 29.5 Å². The molecule has 0 fully saturated rings. The molecular weight excluding hydrogens is 342 g/mol. The van der Waals surface area contributed by atoms with Crippen LogP contribution in [0.2, 0.25) is 0 Å². The zero-order chi connectivity index (χ0) is 17.8. The number of hydrogen-bond acceptors (Lipinski definition) is 6. The van der Waals surface area contributed by atoms with Crippen LogP contribution in [0.1, 0.15) is 11.6 Å². The molecule has 1 aromatic heterocycles. The number of carbonyl (C=O) groups excluding carboxylic acids is 2. The second-order valence-corrected chi connectivity index (χ2v) is 6.55. The first-order valence-corrected chi connectivity index (χ1v) is 8.66. The summed E-state index contributed by atoms with van der Waals surface area (Å²) in [6.45, 7) is 0.499. The van der Waals surface area contributed by atoms with Crippen LogP contribution in [0, 0.1) is 0 Å². The fourth-order valence-corrected chi connectivity index (χ4v) is 3.20. The number of amides is 2. The predicted octanol–water partition coefficient (Wildman–Crippen LogP) is 1.83. The van der Waals surface area contributed by atoms with Crippen molar-refractivity contribution in [1.29, 1.82) is 0 Å². The summed E-state index contributed by atoms with van der Waals surface area (Å²) >= 11 is 1.60. The molecule has 1 atom stereocenters. The van der Waals surface area contributed by atoms with Gasteiger partial charge in [0.2, 0.25) is 6.79 Å². The van der Waals surface area contributed by atoms with Crippen molar-refractivity contribution in [2.45, 2.75) is 6.04 Å². The van der Waals surface area contributed by atoms with E-state index in [1.165, 1.54) is 0 Å². The van der Waals surface area contributed by atoms with Gasteiger partial charge in [0.15, 0.2) is 11.5 Å². The lowest BCUT2D eigenvalue weighted by atomic mass is 10.1. The summed E-state index contributed by atoms with van der Waals surface area (Å²) < 4.78 is 10.5. The van der Waals surface area contributed by atoms with Crippen molar-refractivity contribution in [2.24, 2.45) is 0 Å². The van der Waals surface area contributed by atoms with Crippen LogP contribution in [0.15, 0.2) is 35.0 Å². The quantitative estimate of drug-likeness (QED) is 0.795. The molecule has 7 nitrogen and oxygen atoms in total. The highest BCUT2D eigenvalue weighted by Gasteiger charge is 2.20. The molecule has 1 aliphatic rings. The molecule has 8 heteroatoms. The zero-order valence-electron chi connectivity index (χ0n) is 13.9. The van der Waals surface area contributed by atoms with Gasteiger partial charge >= 0.3 is 11.8 Å².